The molecule has 2 aromatic rings. The van der Waals surface area contributed by atoms with Gasteiger partial charge in [-0.25, -0.2) is 0 Å². The van der Waals surface area contributed by atoms with Gasteiger partial charge in [-0.2, -0.15) is 5.10 Å². The second-order valence-electron chi connectivity index (χ2n) is 5.35. The summed E-state index contributed by atoms with van der Waals surface area (Å²) in [5, 5.41) is 14.5. The van der Waals surface area contributed by atoms with E-state index in [1.54, 1.807) is 6.20 Å². The molecule has 0 radical (unpaired) electrons. The van der Waals surface area contributed by atoms with Crippen molar-refractivity contribution in [1.82, 2.24) is 9.78 Å². The molecule has 1 aromatic heterocycles. The van der Waals surface area contributed by atoms with Crippen LogP contribution in [0.4, 0.5) is 0 Å². The van der Waals surface area contributed by atoms with Gasteiger partial charge >= 0.3 is 0 Å². The van der Waals surface area contributed by atoms with E-state index in [1.807, 2.05) is 55.1 Å². The highest BCUT2D eigenvalue weighted by Gasteiger charge is 2.35. The predicted molar refractivity (Wildman–Crippen MR) is 80.4 cm³/mol. The topological polar surface area (TPSA) is 64.1 Å². The molecule has 0 bridgehead atoms. The van der Waals surface area contributed by atoms with Crippen LogP contribution in [0.2, 0.25) is 0 Å². The summed E-state index contributed by atoms with van der Waals surface area (Å²) in [6.45, 7) is 2.25. The van der Waals surface area contributed by atoms with E-state index in [4.69, 9.17) is 5.73 Å². The molecule has 0 aliphatic heterocycles. The van der Waals surface area contributed by atoms with Crippen LogP contribution >= 0.6 is 0 Å². The van der Waals surface area contributed by atoms with E-state index in [2.05, 4.69) is 5.10 Å². The normalized spacial score (nSPS) is 15.8. The van der Waals surface area contributed by atoms with Gasteiger partial charge in [-0.15, -0.1) is 0 Å². The van der Waals surface area contributed by atoms with E-state index >= 15 is 0 Å². The van der Waals surface area contributed by atoms with Crippen molar-refractivity contribution in [3.63, 3.8) is 0 Å². The standard InChI is InChI=1S/C16H23N3O/c1-13(20)16(12-17,14-6-4-3-5-7-14)10-8-15-9-11-18-19(15)2/h3-7,9,11,13,20H,8,10,12,17H2,1-2H3. The Kier molecular flexibility index (Phi) is 4.57. The van der Waals surface area contributed by atoms with Crippen LogP contribution in [0, 0.1) is 0 Å². The molecule has 0 saturated heterocycles. The first kappa shape index (κ1) is 14.8. The largest absolute Gasteiger partial charge is 0.392 e. The van der Waals surface area contributed by atoms with E-state index in [9.17, 15) is 5.11 Å². The average Bonchev–Trinajstić information content (AvgIpc) is 2.86. The van der Waals surface area contributed by atoms with Crippen molar-refractivity contribution < 1.29 is 5.11 Å². The second kappa shape index (κ2) is 6.20. The van der Waals surface area contributed by atoms with Gasteiger partial charge in [0.2, 0.25) is 0 Å². The summed E-state index contributed by atoms with van der Waals surface area (Å²) in [4.78, 5) is 0. The molecular weight excluding hydrogens is 250 g/mol. The van der Waals surface area contributed by atoms with Gasteiger partial charge < -0.3 is 10.8 Å². The molecule has 4 heteroatoms. The molecule has 0 spiro atoms. The van der Waals surface area contributed by atoms with Crippen molar-refractivity contribution in [1.29, 1.82) is 0 Å². The van der Waals surface area contributed by atoms with Crippen molar-refractivity contribution in [3.8, 4) is 0 Å². The maximum Gasteiger partial charge on any atom is 0.0620 e. The van der Waals surface area contributed by atoms with E-state index in [0.29, 0.717) is 6.54 Å². The molecule has 1 aromatic carbocycles. The smallest absolute Gasteiger partial charge is 0.0620 e. The Hall–Kier alpha value is -1.65. The van der Waals surface area contributed by atoms with Gasteiger partial charge in [0.15, 0.2) is 0 Å². The average molecular weight is 273 g/mol. The van der Waals surface area contributed by atoms with Crippen LogP contribution in [0.5, 0.6) is 0 Å². The van der Waals surface area contributed by atoms with Gasteiger partial charge in [0.25, 0.3) is 0 Å². The summed E-state index contributed by atoms with van der Waals surface area (Å²) in [6, 6.07) is 12.1. The number of aliphatic hydroxyl groups is 1. The number of hydrogen-bond donors (Lipinski definition) is 2. The SMILES string of the molecule is CC(O)C(CN)(CCc1ccnn1C)c1ccccc1. The van der Waals surface area contributed by atoms with Gasteiger partial charge in [0.05, 0.1) is 6.10 Å². The predicted octanol–water partition coefficient (Wildman–Crippen LogP) is 1.63. The Morgan fingerprint density at radius 3 is 2.50 bits per heavy atom. The third kappa shape index (κ3) is 2.76. The minimum atomic E-state index is -0.497. The fourth-order valence-corrected chi connectivity index (χ4v) is 2.75. The third-order valence-electron chi connectivity index (χ3n) is 4.26. The molecule has 3 N–H and O–H groups in total. The molecule has 0 aliphatic carbocycles. The molecule has 0 saturated carbocycles. The number of nitrogens with zero attached hydrogens (tertiary/aromatic N) is 2. The van der Waals surface area contributed by atoms with Gasteiger partial charge in [-0.3, -0.25) is 4.68 Å². The van der Waals surface area contributed by atoms with Crippen LogP contribution < -0.4 is 5.73 Å². The number of aliphatic hydroxyl groups excluding tert-OH is 1. The number of hydrogen-bond acceptors (Lipinski definition) is 3. The molecule has 2 rings (SSSR count). The van der Waals surface area contributed by atoms with Gasteiger partial charge in [0.1, 0.15) is 0 Å². The highest BCUT2D eigenvalue weighted by molar-refractivity contribution is 5.28. The molecular formula is C16H23N3O. The first-order valence-electron chi connectivity index (χ1n) is 7.00. The van der Waals surface area contributed by atoms with Gasteiger partial charge in [0, 0.05) is 30.9 Å². The van der Waals surface area contributed by atoms with Crippen molar-refractivity contribution in [2.75, 3.05) is 6.54 Å². The van der Waals surface area contributed by atoms with E-state index in [-0.39, 0.29) is 0 Å². The van der Waals surface area contributed by atoms with E-state index in [1.165, 1.54) is 0 Å². The zero-order valence-electron chi connectivity index (χ0n) is 12.2. The van der Waals surface area contributed by atoms with Gasteiger partial charge in [-0.1, -0.05) is 30.3 Å². The van der Waals surface area contributed by atoms with Crippen molar-refractivity contribution >= 4 is 0 Å². The Morgan fingerprint density at radius 1 is 1.30 bits per heavy atom. The van der Waals surface area contributed by atoms with Crippen LogP contribution in [-0.2, 0) is 18.9 Å². The lowest BCUT2D eigenvalue weighted by atomic mass is 9.72. The number of benzene rings is 1. The minimum absolute atomic E-state index is 0.411. The van der Waals surface area contributed by atoms with Crippen LogP contribution in [0.15, 0.2) is 42.6 Å². The fourth-order valence-electron chi connectivity index (χ4n) is 2.75. The summed E-state index contributed by atoms with van der Waals surface area (Å²) in [7, 11) is 1.93. The molecule has 2 atom stereocenters. The number of aryl methyl sites for hydroxylation is 2. The molecule has 4 nitrogen and oxygen atoms in total. The van der Waals surface area contributed by atoms with Crippen LogP contribution in [0.1, 0.15) is 24.6 Å². The molecule has 2 unspecified atom stereocenters. The number of rotatable bonds is 6. The number of aromatic nitrogens is 2. The Morgan fingerprint density at radius 2 is 2.00 bits per heavy atom. The minimum Gasteiger partial charge on any atom is -0.392 e. The van der Waals surface area contributed by atoms with Crippen molar-refractivity contribution in [3.05, 3.63) is 53.9 Å². The molecule has 20 heavy (non-hydrogen) atoms. The molecule has 0 fully saturated rings. The van der Waals surface area contributed by atoms with Crippen LogP contribution in [0.3, 0.4) is 0 Å². The van der Waals surface area contributed by atoms with E-state index < -0.39 is 11.5 Å². The quantitative estimate of drug-likeness (QED) is 0.841. The Balaban J connectivity index is 2.26. The Bertz CT molecular complexity index is 536. The summed E-state index contributed by atoms with van der Waals surface area (Å²) >= 11 is 0. The molecule has 0 aliphatic rings. The van der Waals surface area contributed by atoms with Crippen LogP contribution in [-0.4, -0.2) is 27.5 Å². The molecule has 1 heterocycles. The highest BCUT2D eigenvalue weighted by Crippen LogP contribution is 2.32. The lowest BCUT2D eigenvalue weighted by Gasteiger charge is -2.36. The highest BCUT2D eigenvalue weighted by atomic mass is 16.3. The lowest BCUT2D eigenvalue weighted by molar-refractivity contribution is 0.0941. The summed E-state index contributed by atoms with van der Waals surface area (Å²) in [5.41, 5.74) is 7.87. The van der Waals surface area contributed by atoms with E-state index in [0.717, 1.165) is 24.1 Å². The third-order valence-corrected chi connectivity index (χ3v) is 4.26. The Labute approximate surface area is 120 Å². The summed E-state index contributed by atoms with van der Waals surface area (Å²) in [5.74, 6) is 0. The zero-order chi connectivity index (χ0) is 14.6. The van der Waals surface area contributed by atoms with Crippen LogP contribution in [0.25, 0.3) is 0 Å². The van der Waals surface area contributed by atoms with Crippen molar-refractivity contribution in [2.24, 2.45) is 12.8 Å². The molecule has 0 amide bonds. The monoisotopic (exact) mass is 273 g/mol. The first-order valence-corrected chi connectivity index (χ1v) is 7.00. The maximum absolute atomic E-state index is 10.3. The fraction of sp³-hybridized carbons (Fsp3) is 0.438. The zero-order valence-corrected chi connectivity index (χ0v) is 12.2. The summed E-state index contributed by atoms with van der Waals surface area (Å²) in [6.07, 6.45) is 2.94. The number of nitrogens with two attached hydrogens (primary N) is 1. The maximum atomic E-state index is 10.3. The first-order chi connectivity index (χ1) is 9.60. The lowest BCUT2D eigenvalue weighted by Crippen LogP contribution is -2.45. The van der Waals surface area contributed by atoms with Gasteiger partial charge in [-0.05, 0) is 31.4 Å². The van der Waals surface area contributed by atoms with Crippen molar-refractivity contribution in [2.45, 2.75) is 31.3 Å². The molecule has 108 valence electrons. The summed E-state index contributed by atoms with van der Waals surface area (Å²) < 4.78 is 1.87. The second-order valence-corrected chi connectivity index (χ2v) is 5.35.